The van der Waals surface area contributed by atoms with Gasteiger partial charge in [-0.2, -0.15) is 0 Å². The van der Waals surface area contributed by atoms with Gasteiger partial charge in [0.05, 0.1) is 17.8 Å². The zero-order valence-corrected chi connectivity index (χ0v) is 18.1. The number of amides is 2. The van der Waals surface area contributed by atoms with Crippen LogP contribution >= 0.6 is 0 Å². The van der Waals surface area contributed by atoms with E-state index < -0.39 is 0 Å². The molecule has 30 heavy (non-hydrogen) atoms. The van der Waals surface area contributed by atoms with Crippen LogP contribution in [0.3, 0.4) is 0 Å². The predicted octanol–water partition coefficient (Wildman–Crippen LogP) is 2.15. The molecule has 0 radical (unpaired) electrons. The third kappa shape index (κ3) is 5.60. The molecule has 0 spiro atoms. The molecule has 0 unspecified atom stereocenters. The zero-order valence-electron chi connectivity index (χ0n) is 18.1. The molecule has 8 heteroatoms. The molecule has 0 aliphatic carbocycles. The zero-order chi connectivity index (χ0) is 21.7. The molecule has 1 saturated heterocycles. The van der Waals surface area contributed by atoms with Gasteiger partial charge in [0.25, 0.3) is 5.91 Å². The Hall–Kier alpha value is -2.87. The lowest BCUT2D eigenvalue weighted by Crippen LogP contribution is -2.51. The van der Waals surface area contributed by atoms with Gasteiger partial charge in [-0.25, -0.2) is 0 Å². The molecule has 2 aromatic rings. The molecular weight excluding hydrogens is 384 g/mol. The topological polar surface area (TPSA) is 87.9 Å². The van der Waals surface area contributed by atoms with E-state index in [0.717, 1.165) is 17.0 Å². The molecule has 2 heterocycles. The summed E-state index contributed by atoms with van der Waals surface area (Å²) < 4.78 is 10.9. The number of nitrogens with one attached hydrogen (secondary N) is 1. The normalized spacial score (nSPS) is 14.8. The third-order valence-electron chi connectivity index (χ3n) is 5.14. The Morgan fingerprint density at radius 1 is 1.13 bits per heavy atom. The van der Waals surface area contributed by atoms with Gasteiger partial charge in [-0.05, 0) is 52.0 Å². The fourth-order valence-electron chi connectivity index (χ4n) is 3.42. The monoisotopic (exact) mass is 414 g/mol. The van der Waals surface area contributed by atoms with Crippen molar-refractivity contribution in [1.29, 1.82) is 0 Å². The summed E-state index contributed by atoms with van der Waals surface area (Å²) in [4.78, 5) is 28.6. The second-order valence-corrected chi connectivity index (χ2v) is 7.91. The molecule has 0 atom stereocenters. The van der Waals surface area contributed by atoms with Gasteiger partial charge >= 0.3 is 0 Å². The number of carbonyl (C=O) groups excluding carboxylic acids is 2. The van der Waals surface area contributed by atoms with E-state index in [-0.39, 0.29) is 17.9 Å². The van der Waals surface area contributed by atoms with E-state index in [9.17, 15) is 9.59 Å². The summed E-state index contributed by atoms with van der Waals surface area (Å²) in [5.41, 5.74) is 2.39. The van der Waals surface area contributed by atoms with Crippen molar-refractivity contribution in [2.75, 3.05) is 32.7 Å². The van der Waals surface area contributed by atoms with Gasteiger partial charge in [0.1, 0.15) is 18.1 Å². The Morgan fingerprint density at radius 2 is 1.80 bits per heavy atom. The highest BCUT2D eigenvalue weighted by atomic mass is 16.5. The van der Waals surface area contributed by atoms with Crippen molar-refractivity contribution in [2.24, 2.45) is 0 Å². The summed E-state index contributed by atoms with van der Waals surface area (Å²) in [6.07, 6.45) is 0. The standard InChI is InChI=1S/C22H30N4O4/c1-15(2)23-21(27)13-25-9-11-26(12-10-25)22(28)18-5-7-19(8-6-18)29-14-20-16(3)24-30-17(20)4/h5-8,15H,9-14H2,1-4H3,(H,23,27). The van der Waals surface area contributed by atoms with Gasteiger partial charge < -0.3 is 19.5 Å². The van der Waals surface area contributed by atoms with Crippen LogP contribution < -0.4 is 10.1 Å². The smallest absolute Gasteiger partial charge is 0.253 e. The molecule has 1 N–H and O–H groups in total. The second-order valence-electron chi connectivity index (χ2n) is 7.91. The number of rotatable bonds is 7. The number of aryl methyl sites for hydroxylation is 2. The van der Waals surface area contributed by atoms with Crippen LogP contribution in [0.25, 0.3) is 0 Å². The van der Waals surface area contributed by atoms with Gasteiger partial charge in [0, 0.05) is 37.8 Å². The van der Waals surface area contributed by atoms with Gasteiger partial charge in [0.2, 0.25) is 5.91 Å². The van der Waals surface area contributed by atoms with Crippen LogP contribution in [0.2, 0.25) is 0 Å². The van der Waals surface area contributed by atoms with Crippen molar-refractivity contribution in [2.45, 2.75) is 40.3 Å². The first-order chi connectivity index (χ1) is 14.3. The molecule has 1 aromatic heterocycles. The molecule has 1 fully saturated rings. The summed E-state index contributed by atoms with van der Waals surface area (Å²) in [6.45, 7) is 11.0. The van der Waals surface area contributed by atoms with Crippen LogP contribution in [0.4, 0.5) is 0 Å². The van der Waals surface area contributed by atoms with E-state index >= 15 is 0 Å². The van der Waals surface area contributed by atoms with E-state index in [4.69, 9.17) is 9.26 Å². The largest absolute Gasteiger partial charge is 0.489 e. The number of ether oxygens (including phenoxy) is 1. The van der Waals surface area contributed by atoms with Crippen LogP contribution in [0.1, 0.15) is 41.2 Å². The molecule has 1 aliphatic heterocycles. The van der Waals surface area contributed by atoms with E-state index in [1.165, 1.54) is 0 Å². The molecule has 162 valence electrons. The highest BCUT2D eigenvalue weighted by molar-refractivity contribution is 5.94. The molecule has 1 aliphatic rings. The maximum absolute atomic E-state index is 12.8. The minimum Gasteiger partial charge on any atom is -0.489 e. The number of aromatic nitrogens is 1. The molecule has 3 rings (SSSR count). The first-order valence-corrected chi connectivity index (χ1v) is 10.3. The van der Waals surface area contributed by atoms with Crippen molar-refractivity contribution in [1.82, 2.24) is 20.3 Å². The van der Waals surface area contributed by atoms with Crippen LogP contribution in [0, 0.1) is 13.8 Å². The average Bonchev–Trinajstić information content (AvgIpc) is 3.04. The van der Waals surface area contributed by atoms with Crippen molar-refractivity contribution >= 4 is 11.8 Å². The highest BCUT2D eigenvalue weighted by Crippen LogP contribution is 2.19. The van der Waals surface area contributed by atoms with Crippen molar-refractivity contribution in [3.05, 3.63) is 46.8 Å². The Balaban J connectivity index is 1.48. The Kier molecular flexibility index (Phi) is 7.10. The maximum Gasteiger partial charge on any atom is 0.253 e. The summed E-state index contributed by atoms with van der Waals surface area (Å²) in [5, 5.41) is 6.82. The lowest BCUT2D eigenvalue weighted by atomic mass is 10.1. The molecule has 0 saturated carbocycles. The minimum absolute atomic E-state index is 0.00134. The third-order valence-corrected chi connectivity index (χ3v) is 5.14. The van der Waals surface area contributed by atoms with Crippen molar-refractivity contribution in [3.63, 3.8) is 0 Å². The lowest BCUT2D eigenvalue weighted by Gasteiger charge is -2.34. The number of nitrogens with zero attached hydrogens (tertiary/aromatic N) is 3. The predicted molar refractivity (Wildman–Crippen MR) is 112 cm³/mol. The number of hydrogen-bond donors (Lipinski definition) is 1. The van der Waals surface area contributed by atoms with Crippen LogP contribution in [0.15, 0.2) is 28.8 Å². The number of carbonyl (C=O) groups is 2. The van der Waals surface area contributed by atoms with E-state index in [2.05, 4.69) is 15.4 Å². The minimum atomic E-state index is -0.00134. The lowest BCUT2D eigenvalue weighted by molar-refractivity contribution is -0.123. The molecular formula is C22H30N4O4. The summed E-state index contributed by atoms with van der Waals surface area (Å²) in [5.74, 6) is 1.46. The van der Waals surface area contributed by atoms with Crippen LogP contribution in [-0.2, 0) is 11.4 Å². The van der Waals surface area contributed by atoms with Crippen molar-refractivity contribution < 1.29 is 18.8 Å². The fourth-order valence-corrected chi connectivity index (χ4v) is 3.42. The first-order valence-electron chi connectivity index (χ1n) is 10.3. The van der Waals surface area contributed by atoms with Crippen molar-refractivity contribution in [3.8, 4) is 5.75 Å². The Labute approximate surface area is 177 Å². The fraction of sp³-hybridized carbons (Fsp3) is 0.500. The van der Waals surface area contributed by atoms with E-state index in [0.29, 0.717) is 50.6 Å². The van der Waals surface area contributed by atoms with Gasteiger partial charge in [-0.1, -0.05) is 5.16 Å². The SMILES string of the molecule is Cc1noc(C)c1COc1ccc(C(=O)N2CCN(CC(=O)NC(C)C)CC2)cc1. The number of piperazine rings is 1. The molecule has 1 aromatic carbocycles. The molecule has 2 amide bonds. The first kappa shape index (κ1) is 21.8. The summed E-state index contributed by atoms with van der Waals surface area (Å²) in [6, 6.07) is 7.31. The number of hydrogen-bond acceptors (Lipinski definition) is 6. The maximum atomic E-state index is 12.8. The van der Waals surface area contributed by atoms with Gasteiger partial charge in [-0.15, -0.1) is 0 Å². The molecule has 0 bridgehead atoms. The van der Waals surface area contributed by atoms with Gasteiger partial charge in [-0.3, -0.25) is 14.5 Å². The summed E-state index contributed by atoms with van der Waals surface area (Å²) >= 11 is 0. The van der Waals surface area contributed by atoms with E-state index in [1.807, 2.05) is 32.6 Å². The number of benzene rings is 1. The Bertz CT molecular complexity index is 848. The summed E-state index contributed by atoms with van der Waals surface area (Å²) in [7, 11) is 0. The van der Waals surface area contributed by atoms with Crippen LogP contribution in [-0.4, -0.2) is 65.5 Å². The second kappa shape index (κ2) is 9.75. The van der Waals surface area contributed by atoms with Gasteiger partial charge in [0.15, 0.2) is 0 Å². The molecule has 8 nitrogen and oxygen atoms in total. The van der Waals surface area contributed by atoms with E-state index in [1.54, 1.807) is 24.3 Å². The van der Waals surface area contributed by atoms with Crippen LogP contribution in [0.5, 0.6) is 5.75 Å². The average molecular weight is 415 g/mol. The highest BCUT2D eigenvalue weighted by Gasteiger charge is 2.23. The quantitative estimate of drug-likeness (QED) is 0.747. The Morgan fingerprint density at radius 3 is 2.37 bits per heavy atom.